The van der Waals surface area contributed by atoms with E-state index in [0.29, 0.717) is 6.07 Å². The zero-order valence-corrected chi connectivity index (χ0v) is 11.5. The van der Waals surface area contributed by atoms with Gasteiger partial charge in [-0.3, -0.25) is 9.59 Å². The molecule has 2 amide bonds. The van der Waals surface area contributed by atoms with Gasteiger partial charge in [-0.05, 0) is 30.3 Å². The average Bonchev–Trinajstić information content (AvgIpc) is 2.51. The highest BCUT2D eigenvalue weighted by Crippen LogP contribution is 2.17. The quantitative estimate of drug-likeness (QED) is 0.849. The van der Waals surface area contributed by atoms with Crippen molar-refractivity contribution in [3.63, 3.8) is 0 Å². The van der Waals surface area contributed by atoms with Crippen molar-refractivity contribution in [2.75, 3.05) is 11.9 Å². The van der Waals surface area contributed by atoms with Gasteiger partial charge in [-0.1, -0.05) is 6.07 Å². The van der Waals surface area contributed by atoms with Crippen molar-refractivity contribution >= 4 is 17.5 Å². The van der Waals surface area contributed by atoms with E-state index >= 15 is 0 Å². The van der Waals surface area contributed by atoms with Gasteiger partial charge in [0, 0.05) is 5.56 Å². The van der Waals surface area contributed by atoms with Gasteiger partial charge in [-0.15, -0.1) is 0 Å². The van der Waals surface area contributed by atoms with Crippen LogP contribution in [0.25, 0.3) is 0 Å². The number of amides is 2. The molecular weight excluding hydrogens is 316 g/mol. The molecule has 0 fully saturated rings. The maximum atomic E-state index is 13.3. The predicted molar refractivity (Wildman–Crippen MR) is 73.7 cm³/mol. The molecule has 2 rings (SSSR count). The highest BCUT2D eigenvalue weighted by molar-refractivity contribution is 5.99. The second-order valence-corrected chi connectivity index (χ2v) is 4.46. The first kappa shape index (κ1) is 16.5. The van der Waals surface area contributed by atoms with Crippen molar-refractivity contribution in [1.29, 1.82) is 0 Å². The minimum absolute atomic E-state index is 0.200. The molecule has 0 atom stereocenters. The van der Waals surface area contributed by atoms with Gasteiger partial charge in [-0.2, -0.15) is 0 Å². The third kappa shape index (κ3) is 4.06. The molecule has 0 aromatic heterocycles. The van der Waals surface area contributed by atoms with Crippen LogP contribution in [-0.4, -0.2) is 18.4 Å². The molecule has 0 radical (unpaired) electrons. The lowest BCUT2D eigenvalue weighted by Gasteiger charge is -2.08. The Morgan fingerprint density at radius 1 is 0.870 bits per heavy atom. The fourth-order valence-corrected chi connectivity index (χ4v) is 1.70. The van der Waals surface area contributed by atoms with E-state index in [9.17, 15) is 27.2 Å². The van der Waals surface area contributed by atoms with Crippen molar-refractivity contribution in [2.24, 2.45) is 0 Å². The lowest BCUT2D eigenvalue weighted by molar-refractivity contribution is -0.115. The molecular formula is C15H10F4N2O2. The first-order valence-electron chi connectivity index (χ1n) is 6.35. The summed E-state index contributed by atoms with van der Waals surface area (Å²) in [5.74, 6) is -5.99. The molecule has 2 aromatic carbocycles. The molecule has 2 aromatic rings. The monoisotopic (exact) mass is 326 g/mol. The predicted octanol–water partition coefficient (Wildman–Crippen LogP) is 2.61. The van der Waals surface area contributed by atoms with Crippen LogP contribution in [0.2, 0.25) is 0 Å². The molecule has 2 N–H and O–H groups in total. The van der Waals surface area contributed by atoms with Crippen LogP contribution < -0.4 is 10.6 Å². The number of anilines is 1. The highest BCUT2D eigenvalue weighted by atomic mass is 19.2. The SMILES string of the molecule is O=C(CNC(=O)c1ccc(F)c(F)c1)Nc1c(F)cccc1F. The van der Waals surface area contributed by atoms with Crippen LogP contribution in [0.1, 0.15) is 10.4 Å². The fourth-order valence-electron chi connectivity index (χ4n) is 1.70. The molecule has 120 valence electrons. The maximum Gasteiger partial charge on any atom is 0.251 e. The van der Waals surface area contributed by atoms with Gasteiger partial charge in [0.05, 0.1) is 6.54 Å². The summed E-state index contributed by atoms with van der Waals surface area (Å²) in [6, 6.07) is 5.50. The Hall–Kier alpha value is -2.90. The number of halogens is 4. The first-order valence-corrected chi connectivity index (χ1v) is 6.35. The molecule has 0 aliphatic heterocycles. The summed E-state index contributed by atoms with van der Waals surface area (Å²) in [6.07, 6.45) is 0. The number of para-hydroxylation sites is 1. The van der Waals surface area contributed by atoms with Crippen molar-refractivity contribution in [1.82, 2.24) is 5.32 Å². The number of hydrogen-bond donors (Lipinski definition) is 2. The van der Waals surface area contributed by atoms with E-state index in [4.69, 9.17) is 0 Å². The van der Waals surface area contributed by atoms with Crippen LogP contribution in [0.5, 0.6) is 0 Å². The van der Waals surface area contributed by atoms with Crippen molar-refractivity contribution in [2.45, 2.75) is 0 Å². The smallest absolute Gasteiger partial charge is 0.251 e. The number of carbonyl (C=O) groups excluding carboxylic acids is 2. The van der Waals surface area contributed by atoms with Crippen molar-refractivity contribution < 1.29 is 27.2 Å². The van der Waals surface area contributed by atoms with Gasteiger partial charge in [0.25, 0.3) is 5.91 Å². The molecule has 4 nitrogen and oxygen atoms in total. The minimum Gasteiger partial charge on any atom is -0.343 e. The normalized spacial score (nSPS) is 10.3. The largest absolute Gasteiger partial charge is 0.343 e. The van der Waals surface area contributed by atoms with Gasteiger partial charge < -0.3 is 10.6 Å². The van der Waals surface area contributed by atoms with Crippen LogP contribution in [0.15, 0.2) is 36.4 Å². The van der Waals surface area contributed by atoms with Gasteiger partial charge >= 0.3 is 0 Å². The molecule has 8 heteroatoms. The third-order valence-corrected chi connectivity index (χ3v) is 2.82. The number of rotatable bonds is 4. The standard InChI is InChI=1S/C15H10F4N2O2/c16-9-5-4-8(6-12(9)19)15(23)20-7-13(22)21-14-10(17)2-1-3-11(14)18/h1-6H,7H2,(H,20,23)(H,21,22). The van der Waals surface area contributed by atoms with Gasteiger partial charge in [0.15, 0.2) is 11.6 Å². The third-order valence-electron chi connectivity index (χ3n) is 2.82. The molecule has 0 aliphatic rings. The lowest BCUT2D eigenvalue weighted by atomic mass is 10.2. The average molecular weight is 326 g/mol. The number of benzene rings is 2. The summed E-state index contributed by atoms with van der Waals surface area (Å²) < 4.78 is 52.4. The first-order chi connectivity index (χ1) is 10.9. The summed E-state index contributed by atoms with van der Waals surface area (Å²) in [6.45, 7) is -0.606. The Morgan fingerprint density at radius 3 is 2.13 bits per heavy atom. The lowest BCUT2D eigenvalue weighted by Crippen LogP contribution is -2.33. The van der Waals surface area contributed by atoms with E-state index in [2.05, 4.69) is 5.32 Å². The summed E-state index contributed by atoms with van der Waals surface area (Å²) >= 11 is 0. The molecule has 0 bridgehead atoms. The van der Waals surface area contributed by atoms with Crippen LogP contribution in [0.4, 0.5) is 23.2 Å². The zero-order valence-electron chi connectivity index (χ0n) is 11.5. The van der Waals surface area contributed by atoms with E-state index in [0.717, 1.165) is 30.3 Å². The Bertz CT molecular complexity index is 745. The summed E-state index contributed by atoms with van der Waals surface area (Å²) in [7, 11) is 0. The zero-order chi connectivity index (χ0) is 17.0. The van der Waals surface area contributed by atoms with Crippen LogP contribution in [-0.2, 0) is 4.79 Å². The number of nitrogens with one attached hydrogen (secondary N) is 2. The highest BCUT2D eigenvalue weighted by Gasteiger charge is 2.14. The van der Waals surface area contributed by atoms with Crippen LogP contribution in [0, 0.1) is 23.3 Å². The molecule has 0 spiro atoms. The molecule has 23 heavy (non-hydrogen) atoms. The van der Waals surface area contributed by atoms with Crippen LogP contribution in [0.3, 0.4) is 0 Å². The van der Waals surface area contributed by atoms with E-state index in [1.54, 1.807) is 0 Å². The second kappa shape index (κ2) is 6.91. The number of carbonyl (C=O) groups is 2. The molecule has 0 saturated heterocycles. The van der Waals surface area contributed by atoms with Crippen molar-refractivity contribution in [3.05, 3.63) is 65.2 Å². The van der Waals surface area contributed by atoms with Crippen molar-refractivity contribution in [3.8, 4) is 0 Å². The summed E-state index contributed by atoms with van der Waals surface area (Å²) in [5, 5.41) is 4.09. The Morgan fingerprint density at radius 2 is 1.52 bits per heavy atom. The molecule has 0 saturated carbocycles. The molecule has 0 heterocycles. The molecule has 0 aliphatic carbocycles. The summed E-state index contributed by atoms with van der Waals surface area (Å²) in [4.78, 5) is 23.3. The van der Waals surface area contributed by atoms with Crippen LogP contribution >= 0.6 is 0 Å². The Labute approximate surface area is 128 Å². The second-order valence-electron chi connectivity index (χ2n) is 4.46. The summed E-state index contributed by atoms with van der Waals surface area (Å²) in [5.41, 5.74) is -0.839. The Balaban J connectivity index is 1.96. The fraction of sp³-hybridized carbons (Fsp3) is 0.0667. The topological polar surface area (TPSA) is 58.2 Å². The number of hydrogen-bond acceptors (Lipinski definition) is 2. The van der Waals surface area contributed by atoms with E-state index in [-0.39, 0.29) is 5.56 Å². The van der Waals surface area contributed by atoms with Gasteiger partial charge in [-0.25, -0.2) is 17.6 Å². The molecule has 0 unspecified atom stereocenters. The maximum absolute atomic E-state index is 13.3. The van der Waals surface area contributed by atoms with Gasteiger partial charge in [0.2, 0.25) is 5.91 Å². The van der Waals surface area contributed by atoms with E-state index in [1.165, 1.54) is 0 Å². The van der Waals surface area contributed by atoms with E-state index < -0.39 is 47.3 Å². The van der Waals surface area contributed by atoms with Gasteiger partial charge in [0.1, 0.15) is 17.3 Å². The minimum atomic E-state index is -1.21. The Kier molecular flexibility index (Phi) is 4.95. The van der Waals surface area contributed by atoms with E-state index in [1.807, 2.05) is 5.32 Å².